The molecule has 1 saturated heterocycles. The average molecular weight is 225 g/mol. The summed E-state index contributed by atoms with van der Waals surface area (Å²) in [6.07, 6.45) is 0.564. The lowest BCUT2D eigenvalue weighted by atomic mass is 10.1. The first-order valence-electron chi connectivity index (χ1n) is 5.37. The van der Waals surface area contributed by atoms with Gasteiger partial charge in [0.2, 0.25) is 0 Å². The van der Waals surface area contributed by atoms with E-state index in [1.165, 1.54) is 12.1 Å². The van der Waals surface area contributed by atoms with Crippen LogP contribution in [0.25, 0.3) is 0 Å². The number of hydrogen-bond donors (Lipinski definition) is 1. The monoisotopic (exact) mass is 225 g/mol. The molecule has 0 radical (unpaired) electrons. The molecule has 1 aromatic carbocycles. The molecule has 2 unspecified atom stereocenters. The highest BCUT2D eigenvalue weighted by Gasteiger charge is 2.36. The van der Waals surface area contributed by atoms with Crippen molar-refractivity contribution >= 4 is 0 Å². The second-order valence-corrected chi connectivity index (χ2v) is 4.22. The molecule has 2 atom stereocenters. The lowest BCUT2D eigenvalue weighted by Gasteiger charge is -2.23. The molecule has 88 valence electrons. The van der Waals surface area contributed by atoms with Gasteiger partial charge in [-0.15, -0.1) is 0 Å². The van der Waals surface area contributed by atoms with E-state index in [4.69, 9.17) is 15.2 Å². The van der Waals surface area contributed by atoms with Gasteiger partial charge in [-0.1, -0.05) is 12.1 Å². The molecule has 4 heteroatoms. The van der Waals surface area contributed by atoms with Crippen LogP contribution in [0, 0.1) is 5.82 Å². The largest absolute Gasteiger partial charge is 0.347 e. The van der Waals surface area contributed by atoms with E-state index in [9.17, 15) is 4.39 Å². The van der Waals surface area contributed by atoms with Crippen LogP contribution < -0.4 is 5.73 Å². The summed E-state index contributed by atoms with van der Waals surface area (Å²) < 4.78 is 24.0. The fraction of sp³-hybridized carbons (Fsp3) is 0.500. The minimum atomic E-state index is -0.637. The Morgan fingerprint density at radius 2 is 2.12 bits per heavy atom. The van der Waals surface area contributed by atoms with Gasteiger partial charge in [0, 0.05) is 13.0 Å². The summed E-state index contributed by atoms with van der Waals surface area (Å²) >= 11 is 0. The van der Waals surface area contributed by atoms with Crippen molar-refractivity contribution in [1.82, 2.24) is 0 Å². The van der Waals surface area contributed by atoms with E-state index in [2.05, 4.69) is 0 Å². The van der Waals surface area contributed by atoms with Gasteiger partial charge in [0.05, 0.1) is 12.7 Å². The van der Waals surface area contributed by atoms with E-state index in [0.29, 0.717) is 19.6 Å². The maximum absolute atomic E-state index is 12.7. The molecule has 2 N–H and O–H groups in total. The lowest BCUT2D eigenvalue weighted by molar-refractivity contribution is -0.151. The molecule has 0 saturated carbocycles. The maximum Gasteiger partial charge on any atom is 0.170 e. The van der Waals surface area contributed by atoms with Crippen molar-refractivity contribution in [3.8, 4) is 0 Å². The fourth-order valence-electron chi connectivity index (χ4n) is 1.87. The molecule has 0 bridgehead atoms. The summed E-state index contributed by atoms with van der Waals surface area (Å²) in [5.41, 5.74) is 6.50. The molecule has 1 aromatic rings. The van der Waals surface area contributed by atoms with Crippen molar-refractivity contribution in [3.63, 3.8) is 0 Å². The highest BCUT2D eigenvalue weighted by Crippen LogP contribution is 2.26. The fourth-order valence-corrected chi connectivity index (χ4v) is 1.87. The van der Waals surface area contributed by atoms with Gasteiger partial charge in [0.1, 0.15) is 5.82 Å². The summed E-state index contributed by atoms with van der Waals surface area (Å²) in [4.78, 5) is 0. The Labute approximate surface area is 94.3 Å². The van der Waals surface area contributed by atoms with Crippen molar-refractivity contribution in [2.75, 3.05) is 13.2 Å². The molecular formula is C12H16FNO2. The second-order valence-electron chi connectivity index (χ2n) is 4.22. The maximum atomic E-state index is 12.7. The Kier molecular flexibility index (Phi) is 3.23. The quantitative estimate of drug-likeness (QED) is 0.847. The summed E-state index contributed by atoms with van der Waals surface area (Å²) in [7, 11) is 0. The van der Waals surface area contributed by atoms with Crippen molar-refractivity contribution in [3.05, 3.63) is 35.6 Å². The molecule has 16 heavy (non-hydrogen) atoms. The van der Waals surface area contributed by atoms with Gasteiger partial charge in [-0.25, -0.2) is 4.39 Å². The molecule has 3 nitrogen and oxygen atoms in total. The predicted octanol–water partition coefficient (Wildman–Crippen LogP) is 1.46. The molecule has 1 heterocycles. The number of benzene rings is 1. The van der Waals surface area contributed by atoms with Gasteiger partial charge < -0.3 is 15.2 Å². The van der Waals surface area contributed by atoms with Crippen LogP contribution in [0.2, 0.25) is 0 Å². The highest BCUT2D eigenvalue weighted by molar-refractivity contribution is 5.17. The predicted molar refractivity (Wildman–Crippen MR) is 58.4 cm³/mol. The van der Waals surface area contributed by atoms with E-state index in [-0.39, 0.29) is 11.9 Å². The van der Waals surface area contributed by atoms with E-state index in [1.54, 1.807) is 12.1 Å². The zero-order valence-corrected chi connectivity index (χ0v) is 9.28. The van der Waals surface area contributed by atoms with Crippen molar-refractivity contribution in [2.24, 2.45) is 5.73 Å². The number of ether oxygens (including phenoxy) is 2. The topological polar surface area (TPSA) is 44.5 Å². The van der Waals surface area contributed by atoms with Crippen molar-refractivity contribution in [1.29, 1.82) is 0 Å². The number of nitrogens with two attached hydrogens (primary N) is 1. The second kappa shape index (κ2) is 4.49. The zero-order chi connectivity index (χ0) is 11.6. The Bertz CT molecular complexity index is 355. The molecule has 0 aromatic heterocycles. The minimum Gasteiger partial charge on any atom is -0.347 e. The van der Waals surface area contributed by atoms with Gasteiger partial charge in [-0.3, -0.25) is 0 Å². The van der Waals surface area contributed by atoms with Crippen molar-refractivity contribution in [2.45, 2.75) is 25.2 Å². The van der Waals surface area contributed by atoms with Crippen LogP contribution in [-0.2, 0) is 15.9 Å². The Hall–Kier alpha value is -0.970. The third-order valence-corrected chi connectivity index (χ3v) is 2.69. The van der Waals surface area contributed by atoms with Gasteiger partial charge in [0.25, 0.3) is 0 Å². The van der Waals surface area contributed by atoms with E-state index < -0.39 is 5.79 Å². The van der Waals surface area contributed by atoms with Gasteiger partial charge >= 0.3 is 0 Å². The molecule has 1 fully saturated rings. The first-order chi connectivity index (χ1) is 7.61. The molecule has 0 amide bonds. The highest BCUT2D eigenvalue weighted by atomic mass is 19.1. The van der Waals surface area contributed by atoms with Gasteiger partial charge in [-0.05, 0) is 24.6 Å². The first-order valence-corrected chi connectivity index (χ1v) is 5.37. The van der Waals surface area contributed by atoms with Crippen LogP contribution in [0.1, 0.15) is 12.5 Å². The summed E-state index contributed by atoms with van der Waals surface area (Å²) in [6.45, 7) is 2.86. The van der Waals surface area contributed by atoms with Crippen LogP contribution in [0.3, 0.4) is 0 Å². The number of rotatable bonds is 3. The summed E-state index contributed by atoms with van der Waals surface area (Å²) in [5, 5.41) is 0. The van der Waals surface area contributed by atoms with E-state index >= 15 is 0 Å². The van der Waals surface area contributed by atoms with Gasteiger partial charge in [-0.2, -0.15) is 0 Å². The Balaban J connectivity index is 2.01. The smallest absolute Gasteiger partial charge is 0.170 e. The Morgan fingerprint density at radius 3 is 2.69 bits per heavy atom. The molecule has 1 aliphatic rings. The number of halogens is 1. The number of hydrogen-bond acceptors (Lipinski definition) is 3. The third kappa shape index (κ3) is 2.58. The lowest BCUT2D eigenvalue weighted by Crippen LogP contribution is -2.31. The van der Waals surface area contributed by atoms with Crippen LogP contribution in [-0.4, -0.2) is 25.0 Å². The van der Waals surface area contributed by atoms with Gasteiger partial charge in [0.15, 0.2) is 5.79 Å². The Morgan fingerprint density at radius 1 is 1.44 bits per heavy atom. The summed E-state index contributed by atoms with van der Waals surface area (Å²) in [5.74, 6) is -0.871. The third-order valence-electron chi connectivity index (χ3n) is 2.69. The minimum absolute atomic E-state index is 0.0366. The van der Waals surface area contributed by atoms with E-state index in [0.717, 1.165) is 5.56 Å². The molecular weight excluding hydrogens is 209 g/mol. The van der Waals surface area contributed by atoms with Crippen LogP contribution in [0.15, 0.2) is 24.3 Å². The molecule has 1 aliphatic heterocycles. The standard InChI is InChI=1S/C12H16FNO2/c1-12(15-8-11(7-14)16-12)6-9-2-4-10(13)5-3-9/h2-5,11H,6-8,14H2,1H3. The van der Waals surface area contributed by atoms with Crippen LogP contribution in [0.5, 0.6) is 0 Å². The molecule has 2 rings (SSSR count). The average Bonchev–Trinajstić information content (AvgIpc) is 2.64. The first kappa shape index (κ1) is 11.5. The SMILES string of the molecule is CC1(Cc2ccc(F)cc2)OCC(CN)O1. The normalized spacial score (nSPS) is 29.6. The van der Waals surface area contributed by atoms with Crippen LogP contribution in [0.4, 0.5) is 4.39 Å². The zero-order valence-electron chi connectivity index (χ0n) is 9.28. The molecule has 0 spiro atoms. The van der Waals surface area contributed by atoms with Crippen LogP contribution >= 0.6 is 0 Å². The molecule has 0 aliphatic carbocycles. The van der Waals surface area contributed by atoms with E-state index in [1.807, 2.05) is 6.92 Å². The summed E-state index contributed by atoms with van der Waals surface area (Å²) in [6, 6.07) is 6.36. The van der Waals surface area contributed by atoms with Crippen molar-refractivity contribution < 1.29 is 13.9 Å².